The van der Waals surface area contributed by atoms with E-state index in [0.29, 0.717) is 6.54 Å². The zero-order valence-corrected chi connectivity index (χ0v) is 9.98. The smallest absolute Gasteiger partial charge is 0.240 e. The van der Waals surface area contributed by atoms with Crippen LogP contribution in [0.4, 0.5) is 0 Å². The van der Waals surface area contributed by atoms with Crippen molar-refractivity contribution < 1.29 is 4.79 Å². The molecular weight excluding hydrogens is 234 g/mol. The summed E-state index contributed by atoms with van der Waals surface area (Å²) in [5, 5.41) is 3.13. The SMILES string of the molecule is NC(=O)C(NCc1ccccc1)c1cncs1. The molecule has 0 aliphatic carbocycles. The summed E-state index contributed by atoms with van der Waals surface area (Å²) < 4.78 is 0. The summed E-state index contributed by atoms with van der Waals surface area (Å²) in [6, 6.07) is 9.40. The number of hydrogen-bond acceptors (Lipinski definition) is 4. The van der Waals surface area contributed by atoms with Gasteiger partial charge in [-0.05, 0) is 5.56 Å². The van der Waals surface area contributed by atoms with Crippen molar-refractivity contribution in [2.75, 3.05) is 0 Å². The summed E-state index contributed by atoms with van der Waals surface area (Å²) >= 11 is 1.42. The predicted octanol–water partition coefficient (Wildman–Crippen LogP) is 1.46. The largest absolute Gasteiger partial charge is 0.368 e. The molecule has 5 heteroatoms. The van der Waals surface area contributed by atoms with E-state index in [1.165, 1.54) is 11.3 Å². The van der Waals surface area contributed by atoms with Gasteiger partial charge in [0.15, 0.2) is 0 Å². The second-order valence-electron chi connectivity index (χ2n) is 3.61. The van der Waals surface area contributed by atoms with Gasteiger partial charge in [0, 0.05) is 12.7 Å². The van der Waals surface area contributed by atoms with Gasteiger partial charge in [0.05, 0.1) is 10.4 Å². The van der Waals surface area contributed by atoms with Crippen molar-refractivity contribution in [3.63, 3.8) is 0 Å². The van der Waals surface area contributed by atoms with E-state index in [2.05, 4.69) is 10.3 Å². The number of nitrogens with two attached hydrogens (primary N) is 1. The number of carbonyl (C=O) groups is 1. The number of nitrogens with zero attached hydrogens (tertiary/aromatic N) is 1. The van der Waals surface area contributed by atoms with E-state index < -0.39 is 6.04 Å². The normalized spacial score (nSPS) is 12.2. The van der Waals surface area contributed by atoms with Crippen LogP contribution in [0.3, 0.4) is 0 Å². The standard InChI is InChI=1S/C12H13N3OS/c13-12(16)11(10-7-14-8-17-10)15-6-9-4-2-1-3-5-9/h1-5,7-8,11,15H,6H2,(H2,13,16). The summed E-state index contributed by atoms with van der Waals surface area (Å²) in [4.78, 5) is 16.2. The summed E-state index contributed by atoms with van der Waals surface area (Å²) in [6.45, 7) is 0.604. The molecule has 1 unspecified atom stereocenters. The highest BCUT2D eigenvalue weighted by atomic mass is 32.1. The van der Waals surface area contributed by atoms with Crippen LogP contribution in [0.15, 0.2) is 42.0 Å². The first kappa shape index (κ1) is 11.8. The Bertz CT molecular complexity index is 470. The molecule has 3 N–H and O–H groups in total. The first-order valence-corrected chi connectivity index (χ1v) is 6.10. The lowest BCUT2D eigenvalue weighted by molar-refractivity contribution is -0.120. The van der Waals surface area contributed by atoms with Gasteiger partial charge in [0.2, 0.25) is 5.91 Å². The van der Waals surface area contributed by atoms with Gasteiger partial charge in [0.25, 0.3) is 0 Å². The van der Waals surface area contributed by atoms with Crippen LogP contribution in [0.2, 0.25) is 0 Å². The molecule has 0 aliphatic rings. The van der Waals surface area contributed by atoms with Crippen molar-refractivity contribution in [1.29, 1.82) is 0 Å². The monoisotopic (exact) mass is 247 g/mol. The average molecular weight is 247 g/mol. The lowest BCUT2D eigenvalue weighted by Crippen LogP contribution is -2.32. The van der Waals surface area contributed by atoms with E-state index in [9.17, 15) is 4.79 Å². The lowest BCUT2D eigenvalue weighted by Gasteiger charge is -2.13. The molecule has 88 valence electrons. The third-order valence-electron chi connectivity index (χ3n) is 2.37. The molecule has 2 aromatic rings. The second kappa shape index (κ2) is 5.56. The Hall–Kier alpha value is -1.72. The minimum atomic E-state index is -0.470. The fraction of sp³-hybridized carbons (Fsp3) is 0.167. The Balaban J connectivity index is 2.03. The number of primary amides is 1. The molecule has 0 aliphatic heterocycles. The molecule has 0 saturated carbocycles. The average Bonchev–Trinajstić information content (AvgIpc) is 2.84. The van der Waals surface area contributed by atoms with Gasteiger partial charge in [-0.1, -0.05) is 30.3 Å². The molecule has 17 heavy (non-hydrogen) atoms. The van der Waals surface area contributed by atoms with Crippen LogP contribution in [0.1, 0.15) is 16.5 Å². The van der Waals surface area contributed by atoms with Crippen LogP contribution in [-0.4, -0.2) is 10.9 Å². The van der Waals surface area contributed by atoms with E-state index in [1.54, 1.807) is 11.7 Å². The van der Waals surface area contributed by atoms with Gasteiger partial charge in [-0.15, -0.1) is 11.3 Å². The van der Waals surface area contributed by atoms with Gasteiger partial charge in [-0.2, -0.15) is 0 Å². The molecule has 0 spiro atoms. The topological polar surface area (TPSA) is 68.0 Å². The number of nitrogens with one attached hydrogen (secondary N) is 1. The highest BCUT2D eigenvalue weighted by Gasteiger charge is 2.18. The summed E-state index contributed by atoms with van der Waals surface area (Å²) in [5.74, 6) is -0.384. The van der Waals surface area contributed by atoms with Crippen LogP contribution in [-0.2, 0) is 11.3 Å². The summed E-state index contributed by atoms with van der Waals surface area (Å²) in [6.07, 6.45) is 1.66. The number of carbonyl (C=O) groups excluding carboxylic acids is 1. The maximum atomic E-state index is 11.4. The maximum absolute atomic E-state index is 11.4. The number of aromatic nitrogens is 1. The quantitative estimate of drug-likeness (QED) is 0.840. The highest BCUT2D eigenvalue weighted by Crippen LogP contribution is 2.17. The van der Waals surface area contributed by atoms with Crippen molar-refractivity contribution in [2.24, 2.45) is 5.73 Å². The Morgan fingerprint density at radius 1 is 1.41 bits per heavy atom. The molecule has 0 bridgehead atoms. The Labute approximate surface area is 103 Å². The molecule has 1 heterocycles. The van der Waals surface area contributed by atoms with Crippen molar-refractivity contribution in [2.45, 2.75) is 12.6 Å². The molecule has 2 rings (SSSR count). The molecular formula is C12H13N3OS. The van der Waals surface area contributed by atoms with Gasteiger partial charge >= 0.3 is 0 Å². The molecule has 1 amide bonds. The van der Waals surface area contributed by atoms with E-state index in [0.717, 1.165) is 10.4 Å². The molecule has 1 aromatic heterocycles. The Kier molecular flexibility index (Phi) is 3.85. The zero-order chi connectivity index (χ0) is 12.1. The van der Waals surface area contributed by atoms with Crippen molar-refractivity contribution in [3.05, 3.63) is 52.5 Å². The third kappa shape index (κ3) is 3.12. The molecule has 0 radical (unpaired) electrons. The van der Waals surface area contributed by atoms with Crippen molar-refractivity contribution in [3.8, 4) is 0 Å². The van der Waals surface area contributed by atoms with Crippen molar-refractivity contribution in [1.82, 2.24) is 10.3 Å². The minimum Gasteiger partial charge on any atom is -0.368 e. The second-order valence-corrected chi connectivity index (χ2v) is 4.52. The molecule has 0 fully saturated rings. The minimum absolute atomic E-state index is 0.384. The van der Waals surface area contributed by atoms with Crippen LogP contribution < -0.4 is 11.1 Å². The third-order valence-corrected chi connectivity index (χ3v) is 3.21. The van der Waals surface area contributed by atoms with E-state index in [4.69, 9.17) is 5.73 Å². The van der Waals surface area contributed by atoms with E-state index in [-0.39, 0.29) is 5.91 Å². The fourth-order valence-corrected chi connectivity index (χ4v) is 2.23. The molecule has 1 atom stereocenters. The van der Waals surface area contributed by atoms with E-state index in [1.807, 2.05) is 30.3 Å². The van der Waals surface area contributed by atoms with Gasteiger partial charge in [0.1, 0.15) is 6.04 Å². The predicted molar refractivity (Wildman–Crippen MR) is 67.3 cm³/mol. The number of thiazole rings is 1. The summed E-state index contributed by atoms with van der Waals surface area (Å²) in [7, 11) is 0. The zero-order valence-electron chi connectivity index (χ0n) is 9.17. The number of benzene rings is 1. The fourth-order valence-electron chi connectivity index (χ4n) is 1.53. The summed E-state index contributed by atoms with van der Waals surface area (Å²) in [5.41, 5.74) is 8.17. The van der Waals surface area contributed by atoms with Gasteiger partial charge in [-0.3, -0.25) is 15.1 Å². The highest BCUT2D eigenvalue weighted by molar-refractivity contribution is 7.09. The number of amides is 1. The maximum Gasteiger partial charge on any atom is 0.240 e. The molecule has 0 saturated heterocycles. The Morgan fingerprint density at radius 2 is 2.18 bits per heavy atom. The molecule has 1 aromatic carbocycles. The number of rotatable bonds is 5. The lowest BCUT2D eigenvalue weighted by atomic mass is 10.2. The Morgan fingerprint density at radius 3 is 2.76 bits per heavy atom. The van der Waals surface area contributed by atoms with Crippen molar-refractivity contribution >= 4 is 17.2 Å². The first-order chi connectivity index (χ1) is 8.27. The van der Waals surface area contributed by atoms with Crippen LogP contribution in [0, 0.1) is 0 Å². The van der Waals surface area contributed by atoms with Gasteiger partial charge in [-0.25, -0.2) is 0 Å². The molecule has 4 nitrogen and oxygen atoms in total. The van der Waals surface area contributed by atoms with Crippen LogP contribution >= 0.6 is 11.3 Å². The van der Waals surface area contributed by atoms with Crippen LogP contribution in [0.25, 0.3) is 0 Å². The first-order valence-electron chi connectivity index (χ1n) is 5.22. The van der Waals surface area contributed by atoms with E-state index >= 15 is 0 Å². The van der Waals surface area contributed by atoms with Crippen LogP contribution in [0.5, 0.6) is 0 Å². The van der Waals surface area contributed by atoms with Gasteiger partial charge < -0.3 is 5.73 Å². The number of hydrogen-bond donors (Lipinski definition) is 2.